The predicted molar refractivity (Wildman–Crippen MR) is 126 cm³/mol. The molecule has 0 saturated heterocycles. The Hall–Kier alpha value is -2.83. The Morgan fingerprint density at radius 2 is 1.58 bits per heavy atom. The molecule has 1 N–H and O–H groups in total. The number of amides is 1. The van der Waals surface area contributed by atoms with Gasteiger partial charge in [-0.15, -0.1) is 0 Å². The van der Waals surface area contributed by atoms with Gasteiger partial charge in [-0.25, -0.2) is 8.42 Å². The zero-order valence-electron chi connectivity index (χ0n) is 17.3. The van der Waals surface area contributed by atoms with Crippen molar-refractivity contribution in [3.05, 3.63) is 89.4 Å². The number of halogens is 1. The molecular formula is C24H25ClN2O3S. The van der Waals surface area contributed by atoms with Crippen molar-refractivity contribution in [2.45, 2.75) is 31.1 Å². The monoisotopic (exact) mass is 456 g/mol. The number of rotatable bonds is 9. The van der Waals surface area contributed by atoms with Crippen LogP contribution in [-0.4, -0.2) is 20.9 Å². The van der Waals surface area contributed by atoms with Gasteiger partial charge in [-0.2, -0.15) is 0 Å². The third kappa shape index (κ3) is 6.09. The molecule has 31 heavy (non-hydrogen) atoms. The van der Waals surface area contributed by atoms with Gasteiger partial charge in [0.25, 0.3) is 10.0 Å². The number of hydrogen-bond acceptors (Lipinski definition) is 3. The number of unbranched alkanes of at least 4 members (excludes halogenated alkanes) is 1. The maximum atomic E-state index is 13.3. The van der Waals surface area contributed by atoms with Crippen molar-refractivity contribution < 1.29 is 13.2 Å². The maximum Gasteiger partial charge on any atom is 0.264 e. The van der Waals surface area contributed by atoms with E-state index in [4.69, 9.17) is 11.6 Å². The molecule has 5 nitrogen and oxygen atoms in total. The standard InChI is InChI=1S/C24H25ClN2O3S/c1-2-3-7-19-10-14-21(15-11-19)26-24(28)18-27(22-16-12-20(25)13-17-22)31(29,30)23-8-5-4-6-9-23/h4-6,8-17H,2-3,7,18H2,1H3,(H,26,28). The Labute approximate surface area is 188 Å². The summed E-state index contributed by atoms with van der Waals surface area (Å²) in [4.78, 5) is 12.9. The molecule has 0 saturated carbocycles. The molecule has 0 aliphatic rings. The second kappa shape index (κ2) is 10.5. The normalized spacial score (nSPS) is 11.2. The van der Waals surface area contributed by atoms with Crippen LogP contribution >= 0.6 is 11.6 Å². The topological polar surface area (TPSA) is 66.5 Å². The lowest BCUT2D eigenvalue weighted by atomic mass is 10.1. The van der Waals surface area contributed by atoms with Crippen molar-refractivity contribution in [3.8, 4) is 0 Å². The van der Waals surface area contributed by atoms with Gasteiger partial charge in [0.2, 0.25) is 5.91 Å². The van der Waals surface area contributed by atoms with Crippen LogP contribution in [0, 0.1) is 0 Å². The quantitative estimate of drug-likeness (QED) is 0.461. The summed E-state index contributed by atoms with van der Waals surface area (Å²) in [6, 6.07) is 22.0. The summed E-state index contributed by atoms with van der Waals surface area (Å²) in [7, 11) is -3.94. The van der Waals surface area contributed by atoms with E-state index in [9.17, 15) is 13.2 Å². The van der Waals surface area contributed by atoms with Crippen LogP contribution in [0.15, 0.2) is 83.8 Å². The van der Waals surface area contributed by atoms with Crippen molar-refractivity contribution >= 4 is 38.9 Å². The summed E-state index contributed by atoms with van der Waals surface area (Å²) >= 11 is 5.96. The van der Waals surface area contributed by atoms with Gasteiger partial charge in [0, 0.05) is 10.7 Å². The SMILES string of the molecule is CCCCc1ccc(NC(=O)CN(c2ccc(Cl)cc2)S(=O)(=O)c2ccccc2)cc1. The summed E-state index contributed by atoms with van der Waals surface area (Å²) in [6.07, 6.45) is 3.22. The Morgan fingerprint density at radius 3 is 2.19 bits per heavy atom. The van der Waals surface area contributed by atoms with Gasteiger partial charge in [-0.05, 0) is 66.9 Å². The van der Waals surface area contributed by atoms with Crippen LogP contribution in [0.25, 0.3) is 0 Å². The zero-order valence-corrected chi connectivity index (χ0v) is 18.9. The molecule has 3 rings (SSSR count). The number of carbonyl (C=O) groups excluding carboxylic acids is 1. The largest absolute Gasteiger partial charge is 0.325 e. The average molecular weight is 457 g/mol. The van der Waals surface area contributed by atoms with Crippen LogP contribution in [0.2, 0.25) is 5.02 Å². The molecule has 0 aliphatic carbocycles. The third-order valence-electron chi connectivity index (χ3n) is 4.79. The maximum absolute atomic E-state index is 13.3. The summed E-state index contributed by atoms with van der Waals surface area (Å²) in [5, 5.41) is 3.27. The first-order valence-corrected chi connectivity index (χ1v) is 11.9. The highest BCUT2D eigenvalue weighted by molar-refractivity contribution is 7.92. The number of hydrogen-bond donors (Lipinski definition) is 1. The van der Waals surface area contributed by atoms with E-state index in [-0.39, 0.29) is 11.4 Å². The Kier molecular flexibility index (Phi) is 7.71. The zero-order chi connectivity index (χ0) is 22.3. The van der Waals surface area contributed by atoms with Gasteiger partial charge in [0.05, 0.1) is 10.6 Å². The van der Waals surface area contributed by atoms with Crippen LogP contribution in [0.5, 0.6) is 0 Å². The molecular weight excluding hydrogens is 432 g/mol. The number of aryl methyl sites for hydroxylation is 1. The summed E-state index contributed by atoms with van der Waals surface area (Å²) in [6.45, 7) is 1.78. The highest BCUT2D eigenvalue weighted by atomic mass is 35.5. The molecule has 162 valence electrons. The Balaban J connectivity index is 1.81. The van der Waals surface area contributed by atoms with Gasteiger partial charge in [-0.3, -0.25) is 9.10 Å². The number of nitrogens with one attached hydrogen (secondary N) is 1. The molecule has 3 aromatic carbocycles. The van der Waals surface area contributed by atoms with Crippen molar-refractivity contribution in [1.82, 2.24) is 0 Å². The van der Waals surface area contributed by atoms with E-state index in [1.165, 1.54) is 17.7 Å². The van der Waals surface area contributed by atoms with Gasteiger partial charge >= 0.3 is 0 Å². The lowest BCUT2D eigenvalue weighted by Gasteiger charge is -2.24. The van der Waals surface area contributed by atoms with E-state index in [1.54, 1.807) is 42.5 Å². The molecule has 0 radical (unpaired) electrons. The fourth-order valence-corrected chi connectivity index (χ4v) is 4.68. The molecule has 0 aromatic heterocycles. The minimum Gasteiger partial charge on any atom is -0.325 e. The van der Waals surface area contributed by atoms with Gasteiger partial charge < -0.3 is 5.32 Å². The molecule has 0 bridgehead atoms. The van der Waals surface area contributed by atoms with Crippen molar-refractivity contribution in [2.75, 3.05) is 16.2 Å². The van der Waals surface area contributed by atoms with Crippen molar-refractivity contribution in [2.24, 2.45) is 0 Å². The fourth-order valence-electron chi connectivity index (χ4n) is 3.11. The lowest BCUT2D eigenvalue weighted by Crippen LogP contribution is -2.38. The number of sulfonamides is 1. The molecule has 0 aliphatic heterocycles. The van der Waals surface area contributed by atoms with E-state index in [1.807, 2.05) is 24.3 Å². The number of carbonyl (C=O) groups is 1. The minimum atomic E-state index is -3.94. The average Bonchev–Trinajstić information content (AvgIpc) is 2.78. The Morgan fingerprint density at radius 1 is 0.935 bits per heavy atom. The second-order valence-electron chi connectivity index (χ2n) is 7.15. The molecule has 1 amide bonds. The summed E-state index contributed by atoms with van der Waals surface area (Å²) < 4.78 is 27.6. The van der Waals surface area contributed by atoms with E-state index in [0.29, 0.717) is 16.4 Å². The van der Waals surface area contributed by atoms with E-state index >= 15 is 0 Å². The van der Waals surface area contributed by atoms with Crippen molar-refractivity contribution in [1.29, 1.82) is 0 Å². The summed E-state index contributed by atoms with van der Waals surface area (Å²) in [5.74, 6) is -0.434. The number of benzene rings is 3. The molecule has 0 atom stereocenters. The highest BCUT2D eigenvalue weighted by Crippen LogP contribution is 2.25. The molecule has 0 heterocycles. The van der Waals surface area contributed by atoms with E-state index < -0.39 is 15.9 Å². The van der Waals surface area contributed by atoms with Gasteiger partial charge in [-0.1, -0.05) is 55.3 Å². The number of anilines is 2. The molecule has 3 aromatic rings. The molecule has 0 spiro atoms. The van der Waals surface area contributed by atoms with Crippen LogP contribution in [0.3, 0.4) is 0 Å². The van der Waals surface area contributed by atoms with Crippen LogP contribution in [-0.2, 0) is 21.2 Å². The third-order valence-corrected chi connectivity index (χ3v) is 6.83. The number of nitrogens with zero attached hydrogens (tertiary/aromatic N) is 1. The van der Waals surface area contributed by atoms with Gasteiger partial charge in [0.1, 0.15) is 6.54 Å². The highest BCUT2D eigenvalue weighted by Gasteiger charge is 2.27. The molecule has 7 heteroatoms. The van der Waals surface area contributed by atoms with Crippen LogP contribution in [0.4, 0.5) is 11.4 Å². The first-order valence-electron chi connectivity index (χ1n) is 10.1. The van der Waals surface area contributed by atoms with Crippen LogP contribution in [0.1, 0.15) is 25.3 Å². The molecule has 0 fully saturated rings. The van der Waals surface area contributed by atoms with Gasteiger partial charge in [0.15, 0.2) is 0 Å². The fraction of sp³-hybridized carbons (Fsp3) is 0.208. The lowest BCUT2D eigenvalue weighted by molar-refractivity contribution is -0.114. The smallest absolute Gasteiger partial charge is 0.264 e. The van der Waals surface area contributed by atoms with Crippen molar-refractivity contribution in [3.63, 3.8) is 0 Å². The van der Waals surface area contributed by atoms with Crippen LogP contribution < -0.4 is 9.62 Å². The second-order valence-corrected chi connectivity index (χ2v) is 9.45. The summed E-state index contributed by atoms with van der Waals surface area (Å²) in [5.41, 5.74) is 2.19. The molecule has 0 unspecified atom stereocenters. The van der Waals surface area contributed by atoms with E-state index in [0.717, 1.165) is 23.6 Å². The minimum absolute atomic E-state index is 0.109. The Bertz CT molecular complexity index is 1100. The first-order chi connectivity index (χ1) is 14.9. The first kappa shape index (κ1) is 22.8. The van der Waals surface area contributed by atoms with E-state index in [2.05, 4.69) is 12.2 Å². The predicted octanol–water partition coefficient (Wildman–Crippen LogP) is 5.52.